The molecule has 1 aliphatic carbocycles. The molecule has 0 amide bonds. The van der Waals surface area contributed by atoms with Crippen LogP contribution in [-0.2, 0) is 19.4 Å². The van der Waals surface area contributed by atoms with Crippen molar-refractivity contribution in [1.29, 1.82) is 0 Å². The number of methoxy groups -OCH3 is 1. The zero-order chi connectivity index (χ0) is 21.5. The van der Waals surface area contributed by atoms with Gasteiger partial charge in [0.25, 0.3) is 5.56 Å². The lowest BCUT2D eigenvalue weighted by atomic mass is 9.97. The molecule has 5 nitrogen and oxygen atoms in total. The van der Waals surface area contributed by atoms with E-state index in [1.165, 1.54) is 22.0 Å². The lowest BCUT2D eigenvalue weighted by molar-refractivity contribution is 0.414. The van der Waals surface area contributed by atoms with Gasteiger partial charge in [-0.1, -0.05) is 18.2 Å². The van der Waals surface area contributed by atoms with E-state index in [1.807, 2.05) is 0 Å². The standard InChI is InChI=1S/C24H21FN2O3S/c1-30-17-12-10-16(11-13-17)27-22(28)21-18-7-3-5-9-20(18)31-23(21)26(24(27)29)14-15-6-2-4-8-19(15)25/h2,4,6,8,10-13H,3,5,7,9,14H2,1H3. The van der Waals surface area contributed by atoms with E-state index in [4.69, 9.17) is 4.74 Å². The van der Waals surface area contributed by atoms with Crippen molar-refractivity contribution < 1.29 is 9.13 Å². The zero-order valence-electron chi connectivity index (χ0n) is 17.1. The molecular formula is C24H21FN2O3S. The van der Waals surface area contributed by atoms with Crippen LogP contribution >= 0.6 is 11.3 Å². The first kappa shape index (κ1) is 19.8. The number of hydrogen-bond acceptors (Lipinski definition) is 4. The van der Waals surface area contributed by atoms with Gasteiger partial charge in [0, 0.05) is 10.4 Å². The molecule has 2 heterocycles. The van der Waals surface area contributed by atoms with Crippen LogP contribution in [-0.4, -0.2) is 16.2 Å². The summed E-state index contributed by atoms with van der Waals surface area (Å²) in [7, 11) is 1.56. The molecule has 0 bridgehead atoms. The van der Waals surface area contributed by atoms with Crippen LogP contribution in [0.2, 0.25) is 0 Å². The average Bonchev–Trinajstić information content (AvgIpc) is 3.18. The Bertz CT molecular complexity index is 1400. The average molecular weight is 437 g/mol. The van der Waals surface area contributed by atoms with E-state index in [-0.39, 0.29) is 17.9 Å². The molecule has 7 heteroatoms. The third-order valence-electron chi connectivity index (χ3n) is 5.85. The number of halogens is 1. The van der Waals surface area contributed by atoms with Gasteiger partial charge in [0.05, 0.1) is 24.7 Å². The molecule has 4 aromatic rings. The molecule has 31 heavy (non-hydrogen) atoms. The third kappa shape index (κ3) is 3.29. The summed E-state index contributed by atoms with van der Waals surface area (Å²) in [5.74, 6) is 0.267. The van der Waals surface area contributed by atoms with Crippen LogP contribution in [0.25, 0.3) is 15.9 Å². The Kier molecular flexibility index (Phi) is 4.98. The minimum absolute atomic E-state index is 0.0673. The van der Waals surface area contributed by atoms with Crippen LogP contribution in [0.15, 0.2) is 58.1 Å². The number of aromatic nitrogens is 2. The van der Waals surface area contributed by atoms with Gasteiger partial charge in [-0.2, -0.15) is 0 Å². The Labute approximate surface area is 182 Å². The Hall–Kier alpha value is -3.19. The van der Waals surface area contributed by atoms with Crippen LogP contribution < -0.4 is 16.0 Å². The lowest BCUT2D eigenvalue weighted by Gasteiger charge is -2.14. The van der Waals surface area contributed by atoms with Crippen LogP contribution in [0.5, 0.6) is 5.75 Å². The first-order valence-corrected chi connectivity index (χ1v) is 11.1. The molecular weight excluding hydrogens is 415 g/mol. The fraction of sp³-hybridized carbons (Fsp3) is 0.250. The van der Waals surface area contributed by atoms with Crippen molar-refractivity contribution in [2.24, 2.45) is 0 Å². The smallest absolute Gasteiger partial charge is 0.337 e. The molecule has 1 aliphatic rings. The Morgan fingerprint density at radius 2 is 1.77 bits per heavy atom. The van der Waals surface area contributed by atoms with Gasteiger partial charge in [-0.25, -0.2) is 13.8 Å². The van der Waals surface area contributed by atoms with E-state index in [1.54, 1.807) is 54.1 Å². The van der Waals surface area contributed by atoms with Crippen LogP contribution in [0.3, 0.4) is 0 Å². The summed E-state index contributed by atoms with van der Waals surface area (Å²) in [4.78, 5) is 28.9. The number of ether oxygens (including phenoxy) is 1. The Balaban J connectivity index is 1.82. The summed E-state index contributed by atoms with van der Waals surface area (Å²) in [6.45, 7) is 0.0673. The summed E-state index contributed by atoms with van der Waals surface area (Å²) in [5, 5.41) is 0.589. The van der Waals surface area contributed by atoms with Crippen molar-refractivity contribution in [2.45, 2.75) is 32.2 Å². The maximum absolute atomic E-state index is 14.4. The van der Waals surface area contributed by atoms with Crippen molar-refractivity contribution in [1.82, 2.24) is 9.13 Å². The van der Waals surface area contributed by atoms with E-state index < -0.39 is 5.69 Å². The minimum atomic E-state index is -0.468. The summed E-state index contributed by atoms with van der Waals surface area (Å²) in [6, 6.07) is 13.3. The quantitative estimate of drug-likeness (QED) is 0.480. The summed E-state index contributed by atoms with van der Waals surface area (Å²) < 4.78 is 22.4. The van der Waals surface area contributed by atoms with E-state index in [2.05, 4.69) is 0 Å². The van der Waals surface area contributed by atoms with Crippen molar-refractivity contribution in [3.63, 3.8) is 0 Å². The van der Waals surface area contributed by atoms with Gasteiger partial charge < -0.3 is 4.74 Å². The number of aryl methyl sites for hydroxylation is 2. The number of rotatable bonds is 4. The highest BCUT2D eigenvalue weighted by Gasteiger charge is 2.24. The predicted molar refractivity (Wildman–Crippen MR) is 120 cm³/mol. The fourth-order valence-corrected chi connectivity index (χ4v) is 5.64. The number of fused-ring (bicyclic) bond motifs is 3. The fourth-order valence-electron chi connectivity index (χ4n) is 4.26. The van der Waals surface area contributed by atoms with E-state index in [0.29, 0.717) is 27.2 Å². The van der Waals surface area contributed by atoms with Crippen molar-refractivity contribution in [2.75, 3.05) is 7.11 Å². The van der Waals surface area contributed by atoms with Gasteiger partial charge in [0.2, 0.25) is 0 Å². The number of thiophene rings is 1. The third-order valence-corrected chi connectivity index (χ3v) is 7.17. The van der Waals surface area contributed by atoms with Crippen molar-refractivity contribution >= 4 is 21.6 Å². The number of hydrogen-bond donors (Lipinski definition) is 0. The van der Waals surface area contributed by atoms with Gasteiger partial charge in [-0.3, -0.25) is 9.36 Å². The van der Waals surface area contributed by atoms with Crippen molar-refractivity contribution in [3.05, 3.63) is 91.2 Å². The lowest BCUT2D eigenvalue weighted by Crippen LogP contribution is -2.39. The van der Waals surface area contributed by atoms with E-state index in [0.717, 1.165) is 36.1 Å². The Morgan fingerprint density at radius 1 is 1.03 bits per heavy atom. The highest BCUT2D eigenvalue weighted by molar-refractivity contribution is 7.18. The molecule has 0 atom stereocenters. The summed E-state index contributed by atoms with van der Waals surface area (Å²) in [5.41, 5.74) is 1.15. The minimum Gasteiger partial charge on any atom is -0.497 e. The van der Waals surface area contributed by atoms with Crippen molar-refractivity contribution in [3.8, 4) is 11.4 Å². The van der Waals surface area contributed by atoms with Crippen LogP contribution in [0, 0.1) is 5.82 Å². The van der Waals surface area contributed by atoms with Gasteiger partial charge >= 0.3 is 5.69 Å². The zero-order valence-corrected chi connectivity index (χ0v) is 17.9. The molecule has 0 saturated carbocycles. The maximum Gasteiger partial charge on any atom is 0.337 e. The highest BCUT2D eigenvalue weighted by Crippen LogP contribution is 2.34. The Morgan fingerprint density at radius 3 is 2.52 bits per heavy atom. The topological polar surface area (TPSA) is 53.2 Å². The molecule has 5 rings (SSSR count). The highest BCUT2D eigenvalue weighted by atomic mass is 32.1. The second-order valence-electron chi connectivity index (χ2n) is 7.69. The molecule has 2 aromatic carbocycles. The summed E-state index contributed by atoms with van der Waals surface area (Å²) >= 11 is 1.50. The molecule has 0 N–H and O–H groups in total. The largest absolute Gasteiger partial charge is 0.497 e. The van der Waals surface area contributed by atoms with Gasteiger partial charge in [-0.05, 0) is 61.6 Å². The number of benzene rings is 2. The molecule has 158 valence electrons. The second kappa shape index (κ2) is 7.81. The van der Waals surface area contributed by atoms with Crippen LogP contribution in [0.1, 0.15) is 28.8 Å². The molecule has 0 spiro atoms. The maximum atomic E-state index is 14.4. The SMILES string of the molecule is COc1ccc(-n2c(=O)c3c4c(sc3n(Cc3ccccc3F)c2=O)CCCC4)cc1. The first-order valence-electron chi connectivity index (χ1n) is 10.3. The predicted octanol–water partition coefficient (Wildman–Crippen LogP) is 4.29. The molecule has 0 saturated heterocycles. The molecule has 2 aromatic heterocycles. The first-order chi connectivity index (χ1) is 15.1. The molecule has 0 fully saturated rings. The van der Waals surface area contributed by atoms with Crippen LogP contribution in [0.4, 0.5) is 4.39 Å². The van der Waals surface area contributed by atoms with Gasteiger partial charge in [-0.15, -0.1) is 11.3 Å². The van der Waals surface area contributed by atoms with Gasteiger partial charge in [0.15, 0.2) is 0 Å². The normalized spacial score (nSPS) is 13.4. The van der Waals surface area contributed by atoms with Gasteiger partial charge in [0.1, 0.15) is 16.4 Å². The summed E-state index contributed by atoms with van der Waals surface area (Å²) in [6.07, 6.45) is 3.83. The second-order valence-corrected chi connectivity index (χ2v) is 8.77. The number of nitrogens with zero attached hydrogens (tertiary/aromatic N) is 2. The van der Waals surface area contributed by atoms with E-state index in [9.17, 15) is 14.0 Å². The molecule has 0 radical (unpaired) electrons. The monoisotopic (exact) mass is 436 g/mol. The van der Waals surface area contributed by atoms with E-state index >= 15 is 0 Å². The molecule has 0 unspecified atom stereocenters. The molecule has 0 aliphatic heterocycles.